The highest BCUT2D eigenvalue weighted by atomic mass is 19.1. The van der Waals surface area contributed by atoms with Gasteiger partial charge >= 0.3 is 0 Å². The summed E-state index contributed by atoms with van der Waals surface area (Å²) in [5.74, 6) is -0.514. The Morgan fingerprint density at radius 1 is 1.17 bits per heavy atom. The lowest BCUT2D eigenvalue weighted by Gasteiger charge is -2.23. The van der Waals surface area contributed by atoms with Crippen LogP contribution in [0.15, 0.2) is 54.6 Å². The maximum absolute atomic E-state index is 13.9. The average molecular weight is 314 g/mol. The van der Waals surface area contributed by atoms with Gasteiger partial charge in [0.25, 0.3) is 0 Å². The number of hydrogen-bond acceptors (Lipinski definition) is 3. The molecule has 1 aliphatic rings. The van der Waals surface area contributed by atoms with Gasteiger partial charge in [0.15, 0.2) is 0 Å². The molecule has 2 aromatic rings. The van der Waals surface area contributed by atoms with Crippen molar-refractivity contribution in [3.05, 3.63) is 66.0 Å². The maximum atomic E-state index is 13.9. The van der Waals surface area contributed by atoms with Gasteiger partial charge in [0.05, 0.1) is 12.3 Å². The number of anilines is 1. The smallest absolute Gasteiger partial charge is 0.246 e. The Bertz CT molecular complexity index is 678. The van der Waals surface area contributed by atoms with Crippen molar-refractivity contribution >= 4 is 11.6 Å². The molecule has 0 aliphatic carbocycles. The van der Waals surface area contributed by atoms with Crippen LogP contribution >= 0.6 is 0 Å². The van der Waals surface area contributed by atoms with Crippen LogP contribution in [0.4, 0.5) is 10.1 Å². The minimum atomic E-state index is -0.390. The molecule has 120 valence electrons. The van der Waals surface area contributed by atoms with Gasteiger partial charge in [-0.25, -0.2) is 4.39 Å². The monoisotopic (exact) mass is 314 g/mol. The molecule has 0 saturated carbocycles. The minimum Gasteiger partial charge on any atom is -0.308 e. The van der Waals surface area contributed by atoms with Crippen LogP contribution in [0.2, 0.25) is 0 Å². The maximum Gasteiger partial charge on any atom is 0.246 e. The van der Waals surface area contributed by atoms with Gasteiger partial charge in [0.1, 0.15) is 11.9 Å². The van der Waals surface area contributed by atoms with Crippen LogP contribution in [0.3, 0.4) is 0 Å². The molecule has 0 unspecified atom stereocenters. The predicted octanol–water partition coefficient (Wildman–Crippen LogP) is 2.99. The van der Waals surface area contributed by atoms with Gasteiger partial charge in [-0.2, -0.15) is 5.06 Å². The van der Waals surface area contributed by atoms with Gasteiger partial charge in [0, 0.05) is 13.6 Å². The van der Waals surface area contributed by atoms with Crippen LogP contribution in [-0.4, -0.2) is 30.6 Å². The molecule has 3 rings (SSSR count). The summed E-state index contributed by atoms with van der Waals surface area (Å²) in [5, 5.41) is 1.58. The lowest BCUT2D eigenvalue weighted by Crippen LogP contribution is -2.39. The summed E-state index contributed by atoms with van der Waals surface area (Å²) in [5.41, 5.74) is 1.37. The molecule has 23 heavy (non-hydrogen) atoms. The van der Waals surface area contributed by atoms with Gasteiger partial charge in [-0.3, -0.25) is 9.63 Å². The fourth-order valence-corrected chi connectivity index (χ4v) is 2.75. The molecular formula is C18H19FN2O2. The van der Waals surface area contributed by atoms with Gasteiger partial charge in [-0.1, -0.05) is 42.5 Å². The summed E-state index contributed by atoms with van der Waals surface area (Å²) >= 11 is 0. The fraction of sp³-hybridized carbons (Fsp3) is 0.278. The molecule has 0 bridgehead atoms. The molecule has 5 heteroatoms. The van der Waals surface area contributed by atoms with Crippen LogP contribution in [0, 0.1) is 5.82 Å². The fourth-order valence-electron chi connectivity index (χ4n) is 2.75. The number of amides is 1. The van der Waals surface area contributed by atoms with E-state index in [-0.39, 0.29) is 11.7 Å². The number of hydroxylamine groups is 2. The third-order valence-corrected chi connectivity index (χ3v) is 4.04. The van der Waals surface area contributed by atoms with Crippen molar-refractivity contribution in [2.45, 2.75) is 19.1 Å². The molecule has 1 amide bonds. The van der Waals surface area contributed by atoms with Crippen LogP contribution in [0.25, 0.3) is 0 Å². The Morgan fingerprint density at radius 2 is 1.87 bits per heavy atom. The highest BCUT2D eigenvalue weighted by Gasteiger charge is 2.36. The van der Waals surface area contributed by atoms with E-state index in [9.17, 15) is 9.18 Å². The number of hydrogen-bond donors (Lipinski definition) is 0. The summed E-state index contributed by atoms with van der Waals surface area (Å²) in [6.07, 6.45) is 0.610. The number of rotatable bonds is 5. The Kier molecular flexibility index (Phi) is 4.69. The molecule has 0 N–H and O–H groups in total. The standard InChI is InChI=1S/C18H19FN2O2/c1-20(23-13-14-7-3-2-4-8-14)17-11-12-21(18(17)22)16-10-6-5-9-15(16)19/h2-10,17H,11-13H2,1H3/t17-/m0/s1. The number of halogens is 1. The Hall–Kier alpha value is -2.24. The van der Waals surface area contributed by atoms with Crippen molar-refractivity contribution in [1.82, 2.24) is 5.06 Å². The highest BCUT2D eigenvalue weighted by molar-refractivity contribution is 5.99. The van der Waals surface area contributed by atoms with Crippen LogP contribution < -0.4 is 4.90 Å². The van der Waals surface area contributed by atoms with E-state index in [4.69, 9.17) is 4.84 Å². The van der Waals surface area contributed by atoms with Gasteiger partial charge in [-0.15, -0.1) is 0 Å². The first-order valence-electron chi connectivity index (χ1n) is 7.62. The third kappa shape index (κ3) is 3.41. The first-order chi connectivity index (χ1) is 11.2. The van der Waals surface area contributed by atoms with Crippen molar-refractivity contribution in [3.8, 4) is 0 Å². The molecule has 0 aromatic heterocycles. The van der Waals surface area contributed by atoms with Gasteiger partial charge in [0.2, 0.25) is 5.91 Å². The number of carbonyl (C=O) groups is 1. The molecule has 2 aromatic carbocycles. The lowest BCUT2D eigenvalue weighted by molar-refractivity contribution is -0.180. The summed E-state index contributed by atoms with van der Waals surface area (Å²) in [4.78, 5) is 19.7. The van der Waals surface area contributed by atoms with Crippen molar-refractivity contribution in [1.29, 1.82) is 0 Å². The van der Waals surface area contributed by atoms with E-state index in [2.05, 4.69) is 0 Å². The largest absolute Gasteiger partial charge is 0.308 e. The van der Waals surface area contributed by atoms with Crippen molar-refractivity contribution in [2.75, 3.05) is 18.5 Å². The number of nitrogens with zero attached hydrogens (tertiary/aromatic N) is 2. The molecular weight excluding hydrogens is 295 g/mol. The van der Waals surface area contributed by atoms with E-state index >= 15 is 0 Å². The second-order valence-electron chi connectivity index (χ2n) is 5.55. The Balaban J connectivity index is 1.63. The normalized spacial score (nSPS) is 18.0. The van der Waals surface area contributed by atoms with E-state index in [1.54, 1.807) is 30.3 Å². The van der Waals surface area contributed by atoms with E-state index in [1.807, 2.05) is 30.3 Å². The number of benzene rings is 2. The zero-order chi connectivity index (χ0) is 16.2. The number of likely N-dealkylation sites (N-methyl/N-ethyl adjacent to an activating group) is 1. The molecule has 0 radical (unpaired) electrons. The second kappa shape index (κ2) is 6.89. The summed E-state index contributed by atoms with van der Waals surface area (Å²) in [6.45, 7) is 0.893. The van der Waals surface area contributed by atoms with E-state index in [0.717, 1.165) is 5.56 Å². The SMILES string of the molecule is CN(OCc1ccccc1)[C@H]1CCN(c2ccccc2F)C1=O. The van der Waals surface area contributed by atoms with Crippen molar-refractivity contribution in [2.24, 2.45) is 0 Å². The Labute approximate surface area is 135 Å². The Morgan fingerprint density at radius 3 is 2.61 bits per heavy atom. The molecule has 4 nitrogen and oxygen atoms in total. The molecule has 1 aliphatic heterocycles. The predicted molar refractivity (Wildman–Crippen MR) is 86.2 cm³/mol. The second-order valence-corrected chi connectivity index (χ2v) is 5.55. The van der Waals surface area contributed by atoms with E-state index in [0.29, 0.717) is 25.3 Å². The molecule has 1 atom stereocenters. The lowest BCUT2D eigenvalue weighted by atomic mass is 10.2. The molecule has 1 fully saturated rings. The molecule has 0 spiro atoms. The van der Waals surface area contributed by atoms with Crippen molar-refractivity contribution < 1.29 is 14.0 Å². The number of carbonyl (C=O) groups excluding carboxylic acids is 1. The summed E-state index contributed by atoms with van der Waals surface area (Å²) in [7, 11) is 1.75. The van der Waals surface area contributed by atoms with Crippen LogP contribution in [0.5, 0.6) is 0 Å². The molecule has 1 saturated heterocycles. The highest BCUT2D eigenvalue weighted by Crippen LogP contribution is 2.26. The number of para-hydroxylation sites is 1. The van der Waals surface area contributed by atoms with Gasteiger partial charge in [-0.05, 0) is 24.1 Å². The third-order valence-electron chi connectivity index (χ3n) is 4.04. The first-order valence-corrected chi connectivity index (χ1v) is 7.62. The van der Waals surface area contributed by atoms with Crippen molar-refractivity contribution in [3.63, 3.8) is 0 Å². The van der Waals surface area contributed by atoms with Gasteiger partial charge < -0.3 is 4.90 Å². The quantitative estimate of drug-likeness (QED) is 0.795. The first kappa shape index (κ1) is 15.6. The van der Waals surface area contributed by atoms with Crippen LogP contribution in [0.1, 0.15) is 12.0 Å². The average Bonchev–Trinajstić information content (AvgIpc) is 2.95. The summed E-state index contributed by atoms with van der Waals surface area (Å²) in [6, 6.07) is 15.7. The molecule has 1 heterocycles. The summed E-state index contributed by atoms with van der Waals surface area (Å²) < 4.78 is 13.9. The van der Waals surface area contributed by atoms with Crippen LogP contribution in [-0.2, 0) is 16.2 Å². The minimum absolute atomic E-state index is 0.134. The van der Waals surface area contributed by atoms with E-state index in [1.165, 1.54) is 11.0 Å². The van der Waals surface area contributed by atoms with E-state index < -0.39 is 6.04 Å². The zero-order valence-corrected chi connectivity index (χ0v) is 13.0. The topological polar surface area (TPSA) is 32.8 Å². The zero-order valence-electron chi connectivity index (χ0n) is 13.0.